The van der Waals surface area contributed by atoms with Crippen molar-refractivity contribution >= 4 is 41.2 Å². The van der Waals surface area contributed by atoms with Crippen LogP contribution >= 0.6 is 0 Å². The molecule has 0 saturated carbocycles. The van der Waals surface area contributed by atoms with Crippen LogP contribution in [-0.2, 0) is 11.2 Å². The number of carbonyl (C=O) groups excluding carboxylic acids is 2. The lowest BCUT2D eigenvalue weighted by Crippen LogP contribution is -2.37. The number of fused-ring (bicyclic) bond motifs is 1. The summed E-state index contributed by atoms with van der Waals surface area (Å²) < 4.78 is 15.4. The minimum atomic E-state index is -0.552. The first-order valence-electron chi connectivity index (χ1n) is 12.5. The fourth-order valence-electron chi connectivity index (χ4n) is 4.52. The zero-order valence-electron chi connectivity index (χ0n) is 21.9. The van der Waals surface area contributed by atoms with Crippen molar-refractivity contribution in [2.24, 2.45) is 4.99 Å². The molecule has 2 N–H and O–H groups in total. The first kappa shape index (κ1) is 25.9. The molecule has 2 aromatic heterocycles. The fourth-order valence-corrected chi connectivity index (χ4v) is 4.52. The van der Waals surface area contributed by atoms with E-state index >= 15 is 0 Å². The minimum Gasteiger partial charge on any atom is -0.493 e. The van der Waals surface area contributed by atoms with Crippen LogP contribution in [0.25, 0.3) is 0 Å². The number of amides is 1. The molecule has 1 fully saturated rings. The highest BCUT2D eigenvalue weighted by Gasteiger charge is 2.28. The number of ether oxygens (including phenoxy) is 3. The molecule has 2 aliphatic rings. The fraction of sp³-hybridized carbons (Fsp3) is 0.333. The van der Waals surface area contributed by atoms with Gasteiger partial charge in [0, 0.05) is 43.3 Å². The van der Waals surface area contributed by atoms with Crippen LogP contribution in [0.4, 0.5) is 23.1 Å². The van der Waals surface area contributed by atoms with E-state index in [-0.39, 0.29) is 17.6 Å². The standard InChI is InChI=1S/C27H29N7O5/c1-37-21-9-7-17(13-22(21)38-2)30-24-23-19(5-4-11-28-23)32-27(33-24)34-12-10-18(15-34)31-25(35)16-6-8-20(29-14-16)26(36)39-3/h6-9,11,13-14,18H,4-5,10,12,15H2,1-3H3,(H,31,35)(H,30,32,33). The molecule has 4 heterocycles. The highest BCUT2D eigenvalue weighted by atomic mass is 16.5. The predicted molar refractivity (Wildman–Crippen MR) is 145 cm³/mol. The molecular formula is C27H29N7O5. The number of esters is 1. The van der Waals surface area contributed by atoms with Gasteiger partial charge in [-0.2, -0.15) is 4.98 Å². The van der Waals surface area contributed by atoms with Crippen molar-refractivity contribution in [2.75, 3.05) is 44.6 Å². The Balaban J connectivity index is 1.31. The Morgan fingerprint density at radius 2 is 1.90 bits per heavy atom. The van der Waals surface area contributed by atoms with Crippen LogP contribution in [0.15, 0.2) is 41.5 Å². The maximum Gasteiger partial charge on any atom is 0.356 e. The van der Waals surface area contributed by atoms with Gasteiger partial charge in [-0.05, 0) is 43.5 Å². The smallest absolute Gasteiger partial charge is 0.356 e. The second-order valence-corrected chi connectivity index (χ2v) is 9.04. The highest BCUT2D eigenvalue weighted by Crippen LogP contribution is 2.36. The number of methoxy groups -OCH3 is 3. The molecule has 5 rings (SSSR count). The Hall–Kier alpha value is -4.74. The van der Waals surface area contributed by atoms with E-state index in [0.29, 0.717) is 47.6 Å². The van der Waals surface area contributed by atoms with Gasteiger partial charge in [0.2, 0.25) is 5.95 Å². The number of nitrogens with zero attached hydrogens (tertiary/aromatic N) is 5. The maximum atomic E-state index is 12.8. The Bertz CT molecular complexity index is 1410. The van der Waals surface area contributed by atoms with E-state index in [4.69, 9.17) is 19.4 Å². The van der Waals surface area contributed by atoms with Gasteiger partial charge in [0.05, 0.1) is 32.6 Å². The van der Waals surface area contributed by atoms with E-state index in [9.17, 15) is 9.59 Å². The van der Waals surface area contributed by atoms with Crippen LogP contribution in [0.3, 0.4) is 0 Å². The molecule has 0 aliphatic carbocycles. The van der Waals surface area contributed by atoms with Gasteiger partial charge in [0.25, 0.3) is 5.91 Å². The molecule has 2 aliphatic heterocycles. The number of carbonyl (C=O) groups is 2. The normalized spacial score (nSPS) is 15.9. The van der Waals surface area contributed by atoms with E-state index in [1.165, 1.54) is 19.4 Å². The van der Waals surface area contributed by atoms with Gasteiger partial charge in [0.1, 0.15) is 11.4 Å². The first-order valence-corrected chi connectivity index (χ1v) is 12.5. The number of anilines is 3. The minimum absolute atomic E-state index is 0.0994. The molecule has 0 spiro atoms. The molecule has 202 valence electrons. The van der Waals surface area contributed by atoms with Gasteiger partial charge in [-0.15, -0.1) is 0 Å². The van der Waals surface area contributed by atoms with Crippen molar-refractivity contribution in [2.45, 2.75) is 25.3 Å². The van der Waals surface area contributed by atoms with Crippen molar-refractivity contribution in [3.63, 3.8) is 0 Å². The highest BCUT2D eigenvalue weighted by molar-refractivity contribution is 5.95. The van der Waals surface area contributed by atoms with Gasteiger partial charge >= 0.3 is 5.97 Å². The molecule has 1 aromatic carbocycles. The number of pyridine rings is 1. The monoisotopic (exact) mass is 531 g/mol. The van der Waals surface area contributed by atoms with Gasteiger partial charge in [-0.25, -0.2) is 14.8 Å². The lowest BCUT2D eigenvalue weighted by molar-refractivity contribution is 0.0593. The zero-order chi connectivity index (χ0) is 27.4. The van der Waals surface area contributed by atoms with Crippen molar-refractivity contribution < 1.29 is 23.8 Å². The van der Waals surface area contributed by atoms with E-state index in [2.05, 4.69) is 30.2 Å². The quantitative estimate of drug-likeness (QED) is 0.417. The van der Waals surface area contributed by atoms with Crippen LogP contribution in [0.1, 0.15) is 39.4 Å². The van der Waals surface area contributed by atoms with Gasteiger partial charge in [-0.3, -0.25) is 9.79 Å². The predicted octanol–water partition coefficient (Wildman–Crippen LogP) is 3.08. The van der Waals surface area contributed by atoms with Crippen LogP contribution in [0.2, 0.25) is 0 Å². The van der Waals surface area contributed by atoms with Crippen molar-refractivity contribution in [1.29, 1.82) is 0 Å². The number of aromatic nitrogens is 3. The number of hydrogen-bond acceptors (Lipinski definition) is 11. The molecule has 12 nitrogen and oxygen atoms in total. The molecule has 0 bridgehead atoms. The number of hydrogen-bond donors (Lipinski definition) is 2. The van der Waals surface area contributed by atoms with Gasteiger partial charge < -0.3 is 29.7 Å². The summed E-state index contributed by atoms with van der Waals surface area (Å²) in [5.74, 6) is 1.60. The third-order valence-corrected chi connectivity index (χ3v) is 6.55. The third-order valence-electron chi connectivity index (χ3n) is 6.55. The molecule has 12 heteroatoms. The van der Waals surface area contributed by atoms with E-state index in [1.807, 2.05) is 24.4 Å². The van der Waals surface area contributed by atoms with Crippen LogP contribution in [0, 0.1) is 0 Å². The molecular weight excluding hydrogens is 502 g/mol. The van der Waals surface area contributed by atoms with Gasteiger partial charge in [0.15, 0.2) is 17.3 Å². The average Bonchev–Trinajstić information content (AvgIpc) is 3.45. The maximum absolute atomic E-state index is 12.8. The number of benzene rings is 1. The molecule has 39 heavy (non-hydrogen) atoms. The largest absolute Gasteiger partial charge is 0.493 e. The van der Waals surface area contributed by atoms with Crippen LogP contribution in [-0.4, -0.2) is 73.5 Å². The lowest BCUT2D eigenvalue weighted by Gasteiger charge is -2.21. The number of rotatable bonds is 8. The van der Waals surface area contributed by atoms with Crippen molar-refractivity contribution in [3.8, 4) is 11.5 Å². The number of nitrogens with one attached hydrogen (secondary N) is 2. The Labute approximate surface area is 225 Å². The summed E-state index contributed by atoms with van der Waals surface area (Å²) in [6.45, 7) is 1.24. The number of aliphatic imine (C=N–C) groups is 1. The molecule has 1 atom stereocenters. The van der Waals surface area contributed by atoms with E-state index in [0.717, 1.165) is 30.6 Å². The molecule has 1 amide bonds. The SMILES string of the molecule is COC(=O)c1ccc(C(=O)NC2CCN(c3nc4c(c(Nc5ccc(OC)c(OC)c5)n3)N=CCC4)C2)cn1. The average molecular weight is 532 g/mol. The zero-order valence-corrected chi connectivity index (χ0v) is 21.9. The molecule has 1 saturated heterocycles. The summed E-state index contributed by atoms with van der Waals surface area (Å²) in [6, 6.07) is 8.48. The second kappa shape index (κ2) is 11.3. The van der Waals surface area contributed by atoms with Crippen LogP contribution in [0.5, 0.6) is 11.5 Å². The summed E-state index contributed by atoms with van der Waals surface area (Å²) in [5, 5.41) is 6.41. The topological polar surface area (TPSA) is 140 Å². The van der Waals surface area contributed by atoms with Crippen molar-refractivity contribution in [1.82, 2.24) is 20.3 Å². The second-order valence-electron chi connectivity index (χ2n) is 9.04. The Morgan fingerprint density at radius 1 is 1.05 bits per heavy atom. The van der Waals surface area contributed by atoms with Gasteiger partial charge in [-0.1, -0.05) is 0 Å². The first-order chi connectivity index (χ1) is 19.0. The third kappa shape index (κ3) is 5.59. The van der Waals surface area contributed by atoms with Crippen molar-refractivity contribution in [3.05, 3.63) is 53.5 Å². The Morgan fingerprint density at radius 3 is 2.64 bits per heavy atom. The number of aryl methyl sites for hydroxylation is 1. The Kier molecular flexibility index (Phi) is 7.53. The summed E-state index contributed by atoms with van der Waals surface area (Å²) in [5.41, 5.74) is 2.87. The summed E-state index contributed by atoms with van der Waals surface area (Å²) in [4.78, 5) is 44.6. The summed E-state index contributed by atoms with van der Waals surface area (Å²) in [6.07, 6.45) is 5.54. The summed E-state index contributed by atoms with van der Waals surface area (Å²) >= 11 is 0. The van der Waals surface area contributed by atoms with E-state index < -0.39 is 5.97 Å². The summed E-state index contributed by atoms with van der Waals surface area (Å²) in [7, 11) is 4.47. The van der Waals surface area contributed by atoms with Crippen LogP contribution < -0.4 is 25.0 Å². The lowest BCUT2D eigenvalue weighted by atomic mass is 10.1. The molecule has 3 aromatic rings. The van der Waals surface area contributed by atoms with E-state index in [1.54, 1.807) is 20.3 Å². The molecule has 1 unspecified atom stereocenters. The molecule has 0 radical (unpaired) electrons.